The third-order valence-corrected chi connectivity index (χ3v) is 3.53. The van der Waals surface area contributed by atoms with Gasteiger partial charge in [-0.15, -0.1) is 0 Å². The first-order chi connectivity index (χ1) is 10.6. The molecule has 7 nitrogen and oxygen atoms in total. The molecule has 23 heavy (non-hydrogen) atoms. The molecule has 0 spiro atoms. The van der Waals surface area contributed by atoms with E-state index in [1.165, 1.54) is 10.7 Å². The van der Waals surface area contributed by atoms with E-state index in [0.717, 1.165) is 11.3 Å². The Bertz CT molecular complexity index is 740. The molecule has 0 fully saturated rings. The molecule has 0 saturated carbocycles. The quantitative estimate of drug-likeness (QED) is 0.632. The maximum Gasteiger partial charge on any atom is 1.00 e. The first-order valence-corrected chi connectivity index (χ1v) is 6.83. The molecule has 1 N–H and O–H groups in total. The monoisotopic (exact) mass is 322 g/mol. The molecule has 1 unspecified atom stereocenters. The van der Waals surface area contributed by atoms with Crippen LogP contribution in [0.4, 0.5) is 0 Å². The number of carbonyl (C=O) groups is 1. The zero-order valence-electron chi connectivity index (χ0n) is 13.2. The van der Waals surface area contributed by atoms with Gasteiger partial charge < -0.3 is 9.84 Å². The summed E-state index contributed by atoms with van der Waals surface area (Å²) in [7, 11) is 1.59. The second-order valence-electron chi connectivity index (χ2n) is 5.07. The van der Waals surface area contributed by atoms with Gasteiger partial charge in [0.1, 0.15) is 5.75 Å². The molecular formula is C15H15N4NaO3. The minimum atomic E-state index is -0.327. The van der Waals surface area contributed by atoms with Crippen LogP contribution in [-0.2, 0) is 4.79 Å². The van der Waals surface area contributed by atoms with Crippen LogP contribution in [-0.4, -0.2) is 28.6 Å². The summed E-state index contributed by atoms with van der Waals surface area (Å²) in [4.78, 5) is 11.7. The minimum Gasteiger partial charge on any atom is -0.858 e. The summed E-state index contributed by atoms with van der Waals surface area (Å²) in [5.74, 6) is 0.364. The Morgan fingerprint density at radius 2 is 2.04 bits per heavy atom. The zero-order valence-corrected chi connectivity index (χ0v) is 15.2. The van der Waals surface area contributed by atoms with E-state index in [9.17, 15) is 9.90 Å². The van der Waals surface area contributed by atoms with Crippen LogP contribution in [0.1, 0.15) is 23.6 Å². The Hall–Kier alpha value is -1.83. The molecule has 1 aliphatic rings. The van der Waals surface area contributed by atoms with Gasteiger partial charge in [0.2, 0.25) is 5.91 Å². The number of hydrogen-bond acceptors (Lipinski definition) is 5. The zero-order chi connectivity index (χ0) is 15.7. The fourth-order valence-electron chi connectivity index (χ4n) is 2.46. The molecule has 2 heterocycles. The molecule has 1 aliphatic heterocycles. The predicted octanol–water partition coefficient (Wildman–Crippen LogP) is -2.26. The van der Waals surface area contributed by atoms with E-state index in [1.807, 2.05) is 24.3 Å². The molecule has 1 atom stereocenters. The van der Waals surface area contributed by atoms with Gasteiger partial charge in [0.25, 0.3) is 0 Å². The number of carbonyl (C=O) groups excluding carboxylic acids is 1. The third-order valence-electron chi connectivity index (χ3n) is 3.53. The number of ether oxygens (including phenoxy) is 1. The van der Waals surface area contributed by atoms with Gasteiger partial charge in [0.05, 0.1) is 18.7 Å². The summed E-state index contributed by atoms with van der Waals surface area (Å²) in [5, 5.41) is 20.2. The normalized spacial score (nSPS) is 17.0. The summed E-state index contributed by atoms with van der Waals surface area (Å²) in [5.41, 5.74) is 3.90. The standard InChI is InChI=1S/C15H16N4O3.Na/c1-9-7-14(21)19(18-9)15-12(8-13(20)16-17-15)10-3-5-11(22-2)6-4-10;/h3-7,12,21H,8H2,1-2H3,(H,16,20);/q;+1/p-1. The van der Waals surface area contributed by atoms with Gasteiger partial charge in [-0.3, -0.25) is 4.79 Å². The molecule has 1 aromatic carbocycles. The fraction of sp³-hybridized carbons (Fsp3) is 0.267. The van der Waals surface area contributed by atoms with E-state index < -0.39 is 0 Å². The second kappa shape index (κ2) is 7.16. The smallest absolute Gasteiger partial charge is 0.858 e. The maximum atomic E-state index is 12.0. The number of rotatable bonds is 2. The largest absolute Gasteiger partial charge is 1.00 e. The van der Waals surface area contributed by atoms with Crippen LogP contribution in [0.15, 0.2) is 35.4 Å². The van der Waals surface area contributed by atoms with E-state index >= 15 is 0 Å². The van der Waals surface area contributed by atoms with Crippen molar-refractivity contribution in [2.45, 2.75) is 19.3 Å². The van der Waals surface area contributed by atoms with E-state index in [-0.39, 0.29) is 53.7 Å². The van der Waals surface area contributed by atoms with Crippen molar-refractivity contribution in [3.63, 3.8) is 0 Å². The molecule has 8 heteroatoms. The molecular weight excluding hydrogens is 307 g/mol. The maximum absolute atomic E-state index is 12.0. The van der Waals surface area contributed by atoms with Crippen molar-refractivity contribution in [3.8, 4) is 11.6 Å². The van der Waals surface area contributed by atoms with Gasteiger partial charge in [0, 0.05) is 6.42 Å². The molecule has 114 valence electrons. The molecule has 0 saturated heterocycles. The number of aromatic nitrogens is 2. The fourth-order valence-corrected chi connectivity index (χ4v) is 2.46. The summed E-state index contributed by atoms with van der Waals surface area (Å²) in [6.07, 6.45) is 0.212. The van der Waals surface area contributed by atoms with E-state index in [1.54, 1.807) is 14.0 Å². The number of hydrogen-bond donors (Lipinski definition) is 1. The van der Waals surface area contributed by atoms with Crippen molar-refractivity contribution in [1.29, 1.82) is 0 Å². The minimum absolute atomic E-state index is 0. The summed E-state index contributed by atoms with van der Waals surface area (Å²) in [6.45, 7) is 1.74. The average Bonchev–Trinajstić information content (AvgIpc) is 2.86. The van der Waals surface area contributed by atoms with Gasteiger partial charge in [-0.2, -0.15) is 10.2 Å². The average molecular weight is 322 g/mol. The van der Waals surface area contributed by atoms with Crippen LogP contribution in [0.3, 0.4) is 0 Å². The molecule has 3 rings (SSSR count). The first-order valence-electron chi connectivity index (χ1n) is 6.83. The van der Waals surface area contributed by atoms with Crippen molar-refractivity contribution in [2.75, 3.05) is 7.11 Å². The molecule has 0 aliphatic carbocycles. The Morgan fingerprint density at radius 1 is 1.35 bits per heavy atom. The molecule has 1 aromatic heterocycles. The van der Waals surface area contributed by atoms with Crippen molar-refractivity contribution in [3.05, 3.63) is 41.6 Å². The Labute approximate surface area is 155 Å². The predicted molar refractivity (Wildman–Crippen MR) is 77.7 cm³/mol. The van der Waals surface area contributed by atoms with Gasteiger partial charge in [-0.25, -0.2) is 10.1 Å². The number of benzene rings is 1. The van der Waals surface area contributed by atoms with Crippen molar-refractivity contribution in [1.82, 2.24) is 15.2 Å². The van der Waals surface area contributed by atoms with Gasteiger partial charge in [-0.1, -0.05) is 12.1 Å². The molecule has 2 aromatic rings. The van der Waals surface area contributed by atoms with Crippen LogP contribution in [0.25, 0.3) is 0 Å². The Morgan fingerprint density at radius 3 is 2.61 bits per heavy atom. The molecule has 0 radical (unpaired) electrons. The van der Waals surface area contributed by atoms with E-state index in [0.29, 0.717) is 11.5 Å². The van der Waals surface area contributed by atoms with Crippen LogP contribution in [0.2, 0.25) is 0 Å². The SMILES string of the molecule is COc1ccc(C2CC(=O)NN=C2n2nc(C)cc2[O-])cc1.[Na+]. The van der Waals surface area contributed by atoms with Crippen LogP contribution in [0, 0.1) is 6.92 Å². The van der Waals surface area contributed by atoms with Crippen molar-refractivity contribution >= 4 is 11.7 Å². The van der Waals surface area contributed by atoms with Gasteiger partial charge in [-0.05, 0) is 36.6 Å². The first kappa shape index (κ1) is 17.5. The number of nitrogens with one attached hydrogen (secondary N) is 1. The molecule has 0 bridgehead atoms. The van der Waals surface area contributed by atoms with Crippen molar-refractivity contribution < 1.29 is 44.2 Å². The number of hydrazone groups is 1. The van der Waals surface area contributed by atoms with Gasteiger partial charge in [0.15, 0.2) is 5.84 Å². The van der Waals surface area contributed by atoms with E-state index in [4.69, 9.17) is 4.74 Å². The van der Waals surface area contributed by atoms with Crippen molar-refractivity contribution in [2.24, 2.45) is 5.10 Å². The Kier molecular flexibility index (Phi) is 5.46. The third kappa shape index (κ3) is 3.57. The summed E-state index contributed by atoms with van der Waals surface area (Å²) < 4.78 is 6.37. The second-order valence-corrected chi connectivity index (χ2v) is 5.07. The van der Waals surface area contributed by atoms with Crippen LogP contribution < -0.4 is 44.8 Å². The summed E-state index contributed by atoms with van der Waals surface area (Å²) >= 11 is 0. The molecule has 1 amide bonds. The number of methoxy groups -OCH3 is 1. The number of nitrogens with zero attached hydrogens (tertiary/aromatic N) is 3. The summed E-state index contributed by atoms with van der Waals surface area (Å²) in [6, 6.07) is 8.78. The van der Waals surface area contributed by atoms with Gasteiger partial charge >= 0.3 is 29.6 Å². The number of aryl methyl sites for hydroxylation is 1. The van der Waals surface area contributed by atoms with Crippen LogP contribution in [0.5, 0.6) is 11.6 Å². The number of amides is 1. The Balaban J connectivity index is 0.00000192. The van der Waals surface area contributed by atoms with E-state index in [2.05, 4.69) is 15.6 Å². The van der Waals surface area contributed by atoms with Crippen LogP contribution >= 0.6 is 0 Å². The topological polar surface area (TPSA) is 91.6 Å².